The van der Waals surface area contributed by atoms with Crippen LogP contribution in [0.15, 0.2) is 57.7 Å². The van der Waals surface area contributed by atoms with Gasteiger partial charge in [-0.05, 0) is 71.9 Å². The molecule has 0 bridgehead atoms. The molecular formula is C25H26O6. The van der Waals surface area contributed by atoms with Crippen LogP contribution in [0.3, 0.4) is 0 Å². The summed E-state index contributed by atoms with van der Waals surface area (Å²) in [5, 5.41) is 0.473. The molecule has 0 aliphatic heterocycles. The van der Waals surface area contributed by atoms with Gasteiger partial charge in [0.2, 0.25) is 0 Å². The lowest BCUT2D eigenvalue weighted by Gasteiger charge is -2.20. The van der Waals surface area contributed by atoms with Gasteiger partial charge in [0.05, 0.1) is 16.2 Å². The molecule has 6 nitrogen and oxygen atoms in total. The van der Waals surface area contributed by atoms with Gasteiger partial charge in [-0.1, -0.05) is 12.1 Å². The van der Waals surface area contributed by atoms with E-state index in [1.54, 1.807) is 71.9 Å². The number of fused-ring (bicyclic) bond motifs is 1. The van der Waals surface area contributed by atoms with Crippen LogP contribution >= 0.6 is 0 Å². The van der Waals surface area contributed by atoms with Crippen LogP contribution in [0.2, 0.25) is 0 Å². The van der Waals surface area contributed by atoms with Crippen molar-refractivity contribution in [1.82, 2.24) is 0 Å². The second-order valence-electron chi connectivity index (χ2n) is 9.41. The number of para-hydroxylation sites is 1. The number of carbonyl (C=O) groups is 2. The summed E-state index contributed by atoms with van der Waals surface area (Å²) in [6.45, 7) is 10.4. The van der Waals surface area contributed by atoms with Gasteiger partial charge in [-0.2, -0.15) is 0 Å². The van der Waals surface area contributed by atoms with E-state index in [0.717, 1.165) is 0 Å². The van der Waals surface area contributed by atoms with E-state index in [9.17, 15) is 14.4 Å². The third kappa shape index (κ3) is 5.02. The molecule has 0 fully saturated rings. The molecule has 0 amide bonds. The number of ether oxygens (including phenoxy) is 2. The largest absolute Gasteiger partial charge is 0.456 e. The highest BCUT2D eigenvalue weighted by atomic mass is 16.6. The highest BCUT2D eigenvalue weighted by Crippen LogP contribution is 2.36. The van der Waals surface area contributed by atoms with E-state index in [0.29, 0.717) is 22.3 Å². The number of esters is 2. The van der Waals surface area contributed by atoms with Gasteiger partial charge in [0.15, 0.2) is 16.9 Å². The third-order valence-corrected chi connectivity index (χ3v) is 4.49. The molecule has 0 unspecified atom stereocenters. The number of benzene rings is 2. The Morgan fingerprint density at radius 1 is 0.774 bits per heavy atom. The van der Waals surface area contributed by atoms with Crippen molar-refractivity contribution in [1.29, 1.82) is 0 Å². The van der Waals surface area contributed by atoms with E-state index < -0.39 is 22.8 Å². The Kier molecular flexibility index (Phi) is 5.77. The van der Waals surface area contributed by atoms with Crippen molar-refractivity contribution >= 4 is 22.9 Å². The molecule has 0 aliphatic rings. The second-order valence-corrected chi connectivity index (χ2v) is 9.41. The minimum absolute atomic E-state index is 0.0748. The SMILES string of the molecule is CC(C)(C)C(=O)Oc1ccc(-c2cc(=O)c3ccccc3o2)cc1OC(=O)C(C)(C)C. The minimum atomic E-state index is -0.767. The van der Waals surface area contributed by atoms with Crippen molar-refractivity contribution in [2.45, 2.75) is 41.5 Å². The summed E-state index contributed by atoms with van der Waals surface area (Å²) in [6.07, 6.45) is 0. The highest BCUT2D eigenvalue weighted by molar-refractivity contribution is 5.83. The van der Waals surface area contributed by atoms with Gasteiger partial charge >= 0.3 is 11.9 Å². The Morgan fingerprint density at radius 3 is 1.97 bits per heavy atom. The maximum atomic E-state index is 12.5. The van der Waals surface area contributed by atoms with Gasteiger partial charge in [-0.15, -0.1) is 0 Å². The molecular weight excluding hydrogens is 396 g/mol. The molecule has 3 aromatic rings. The lowest BCUT2D eigenvalue weighted by atomic mass is 9.97. The summed E-state index contributed by atoms with van der Waals surface area (Å²) in [5.41, 5.74) is -0.740. The number of rotatable bonds is 3. The molecule has 31 heavy (non-hydrogen) atoms. The highest BCUT2D eigenvalue weighted by Gasteiger charge is 2.28. The molecule has 0 saturated heterocycles. The van der Waals surface area contributed by atoms with Crippen LogP contribution in [-0.2, 0) is 9.59 Å². The fourth-order valence-electron chi connectivity index (χ4n) is 2.58. The standard InChI is InChI=1S/C25H26O6/c1-24(2,3)22(27)30-19-12-11-15(13-21(19)31-23(28)25(4,5)6)20-14-17(26)16-9-7-8-10-18(16)29-20/h7-14H,1-6H3. The maximum Gasteiger partial charge on any atom is 0.316 e. The lowest BCUT2D eigenvalue weighted by molar-refractivity contribution is -0.145. The monoisotopic (exact) mass is 422 g/mol. The lowest BCUT2D eigenvalue weighted by Crippen LogP contribution is -2.27. The van der Waals surface area contributed by atoms with Crippen LogP contribution in [0, 0.1) is 10.8 Å². The molecule has 0 atom stereocenters. The molecule has 0 saturated carbocycles. The van der Waals surface area contributed by atoms with E-state index in [1.165, 1.54) is 18.2 Å². The van der Waals surface area contributed by atoms with Crippen LogP contribution in [0.5, 0.6) is 11.5 Å². The Morgan fingerprint density at radius 2 is 1.35 bits per heavy atom. The molecule has 1 heterocycles. The summed E-state index contributed by atoms with van der Waals surface area (Å²) < 4.78 is 17.0. The summed E-state index contributed by atoms with van der Waals surface area (Å²) >= 11 is 0. The first-order chi connectivity index (χ1) is 14.4. The van der Waals surface area contributed by atoms with Crippen molar-refractivity contribution in [2.75, 3.05) is 0 Å². The summed E-state index contributed by atoms with van der Waals surface area (Å²) in [5.74, 6) is -0.455. The molecule has 2 aromatic carbocycles. The molecule has 0 spiro atoms. The molecule has 0 aliphatic carbocycles. The topological polar surface area (TPSA) is 82.8 Å². The van der Waals surface area contributed by atoms with Crippen molar-refractivity contribution in [2.24, 2.45) is 10.8 Å². The fraction of sp³-hybridized carbons (Fsp3) is 0.320. The minimum Gasteiger partial charge on any atom is -0.456 e. The summed E-state index contributed by atoms with van der Waals surface area (Å²) in [4.78, 5) is 37.4. The van der Waals surface area contributed by atoms with E-state index in [1.807, 2.05) is 0 Å². The van der Waals surface area contributed by atoms with E-state index in [2.05, 4.69) is 0 Å². The molecule has 3 rings (SSSR count). The first-order valence-corrected chi connectivity index (χ1v) is 9.98. The Bertz CT molecular complexity index is 1210. The Balaban J connectivity index is 2.09. The smallest absolute Gasteiger partial charge is 0.316 e. The second kappa shape index (κ2) is 8.02. The summed E-state index contributed by atoms with van der Waals surface area (Å²) in [6, 6.07) is 13.0. The van der Waals surface area contributed by atoms with Gasteiger partial charge in [0.25, 0.3) is 0 Å². The van der Waals surface area contributed by atoms with Crippen molar-refractivity contribution in [3.8, 4) is 22.8 Å². The van der Waals surface area contributed by atoms with Gasteiger partial charge in [0, 0.05) is 11.6 Å². The van der Waals surface area contributed by atoms with Crippen molar-refractivity contribution in [3.63, 3.8) is 0 Å². The van der Waals surface area contributed by atoms with Crippen LogP contribution in [0.4, 0.5) is 0 Å². The fourth-order valence-corrected chi connectivity index (χ4v) is 2.58. The van der Waals surface area contributed by atoms with E-state index in [4.69, 9.17) is 13.9 Å². The number of hydrogen-bond donors (Lipinski definition) is 0. The molecule has 162 valence electrons. The maximum absolute atomic E-state index is 12.5. The predicted molar refractivity (Wildman–Crippen MR) is 118 cm³/mol. The summed E-state index contributed by atoms with van der Waals surface area (Å²) in [7, 11) is 0. The zero-order valence-electron chi connectivity index (χ0n) is 18.6. The first kappa shape index (κ1) is 22.3. The molecule has 1 aromatic heterocycles. The zero-order chi connectivity index (χ0) is 23.0. The van der Waals surface area contributed by atoms with E-state index in [-0.39, 0.29) is 16.9 Å². The average molecular weight is 422 g/mol. The van der Waals surface area contributed by atoms with Gasteiger partial charge in [-0.25, -0.2) is 0 Å². The Labute approximate surface area is 180 Å². The number of hydrogen-bond acceptors (Lipinski definition) is 6. The average Bonchev–Trinajstić information content (AvgIpc) is 2.67. The first-order valence-electron chi connectivity index (χ1n) is 9.98. The van der Waals surface area contributed by atoms with Crippen LogP contribution in [-0.4, -0.2) is 11.9 Å². The molecule has 0 N–H and O–H groups in total. The van der Waals surface area contributed by atoms with Gasteiger partial charge in [0.1, 0.15) is 11.3 Å². The van der Waals surface area contributed by atoms with Gasteiger partial charge < -0.3 is 13.9 Å². The Hall–Kier alpha value is -3.41. The van der Waals surface area contributed by atoms with Crippen molar-refractivity contribution < 1.29 is 23.5 Å². The normalized spacial score (nSPS) is 11.9. The number of carbonyl (C=O) groups excluding carboxylic acids is 2. The van der Waals surface area contributed by atoms with Gasteiger partial charge in [-0.3, -0.25) is 14.4 Å². The van der Waals surface area contributed by atoms with Crippen LogP contribution in [0.25, 0.3) is 22.3 Å². The van der Waals surface area contributed by atoms with E-state index >= 15 is 0 Å². The van der Waals surface area contributed by atoms with Crippen LogP contribution < -0.4 is 14.9 Å². The predicted octanol–water partition coefficient (Wildman–Crippen LogP) is 5.36. The quantitative estimate of drug-likeness (QED) is 0.417. The third-order valence-electron chi connectivity index (χ3n) is 4.49. The zero-order valence-corrected chi connectivity index (χ0v) is 18.6. The van der Waals surface area contributed by atoms with Crippen molar-refractivity contribution in [3.05, 3.63) is 58.8 Å². The molecule has 6 heteroatoms. The molecule has 0 radical (unpaired) electrons. The van der Waals surface area contributed by atoms with Crippen LogP contribution in [0.1, 0.15) is 41.5 Å².